The fourth-order valence-electron chi connectivity index (χ4n) is 3.67. The zero-order chi connectivity index (χ0) is 22.6. The Kier molecular flexibility index (Phi) is 3.22. The molecule has 3 aromatic heterocycles. The van der Waals surface area contributed by atoms with E-state index in [4.69, 9.17) is 4.11 Å². The van der Waals surface area contributed by atoms with Crippen molar-refractivity contribution >= 4 is 11.4 Å². The number of rotatable bonds is 3. The molecule has 0 spiro atoms. The van der Waals surface area contributed by atoms with Gasteiger partial charge in [-0.15, -0.1) is 0 Å². The maximum Gasteiger partial charge on any atom is 0.256 e. The Morgan fingerprint density at radius 2 is 1.93 bits per heavy atom. The van der Waals surface area contributed by atoms with Crippen LogP contribution in [0.1, 0.15) is 31.4 Å². The molecule has 29 heavy (non-hydrogen) atoms. The highest BCUT2D eigenvalue weighted by Gasteiger charge is 2.29. The molecule has 1 aromatic carbocycles. The number of pyridine rings is 2. The van der Waals surface area contributed by atoms with Crippen molar-refractivity contribution in [2.75, 3.05) is 0 Å². The van der Waals surface area contributed by atoms with Gasteiger partial charge in [-0.05, 0) is 48.8 Å². The highest BCUT2D eigenvalue weighted by molar-refractivity contribution is 5.97. The van der Waals surface area contributed by atoms with E-state index in [0.717, 1.165) is 0 Å². The summed E-state index contributed by atoms with van der Waals surface area (Å²) < 4.78 is 54.0. The number of halogens is 2. The molecule has 1 aliphatic rings. The van der Waals surface area contributed by atoms with E-state index in [1.54, 1.807) is 36.7 Å². The van der Waals surface area contributed by atoms with Crippen LogP contribution in [0.2, 0.25) is 0 Å². The van der Waals surface area contributed by atoms with E-state index in [1.165, 1.54) is 27.6 Å². The summed E-state index contributed by atoms with van der Waals surface area (Å²) in [6.07, 6.45) is 3.14. The molecule has 0 N–H and O–H groups in total. The Labute approximate surface area is 169 Å². The van der Waals surface area contributed by atoms with Gasteiger partial charge in [-0.25, -0.2) is 13.3 Å². The SMILES string of the molecule is [2H]C([2H])([2H])c1cc2c(-c3cc(F)c(CN4Cc5ncccc5C4=O)c(F)c3)cccn2n1. The first-order valence-electron chi connectivity index (χ1n) is 10.4. The first-order chi connectivity index (χ1) is 15.2. The third-order valence-corrected chi connectivity index (χ3v) is 5.05. The first kappa shape index (κ1) is 14.4. The molecule has 0 aliphatic carbocycles. The lowest BCUT2D eigenvalue weighted by molar-refractivity contribution is 0.0763. The number of aromatic nitrogens is 3. The molecule has 0 radical (unpaired) electrons. The van der Waals surface area contributed by atoms with Crippen LogP contribution in [0.15, 0.2) is 54.9 Å². The predicted octanol–water partition coefficient (Wildman–Crippen LogP) is 4.14. The van der Waals surface area contributed by atoms with Crippen LogP contribution in [0, 0.1) is 18.5 Å². The highest BCUT2D eigenvalue weighted by atomic mass is 19.1. The summed E-state index contributed by atoms with van der Waals surface area (Å²) in [5, 5.41) is 4.05. The number of amides is 1. The molecule has 0 unspecified atom stereocenters. The van der Waals surface area contributed by atoms with Crippen LogP contribution in [-0.4, -0.2) is 25.4 Å². The average Bonchev–Trinajstić information content (AvgIpc) is 3.32. The standard InChI is InChI=1S/C22H16F2N4O/c1-13-8-21-15(5-3-7-28(21)26-13)14-9-18(23)17(19(24)10-14)11-27-12-20-16(22(27)29)4-2-6-25-20/h2-10H,11-12H2,1H3/i1D3. The van der Waals surface area contributed by atoms with Gasteiger partial charge in [-0.1, -0.05) is 6.07 Å². The van der Waals surface area contributed by atoms with E-state index in [2.05, 4.69) is 10.1 Å². The van der Waals surface area contributed by atoms with Gasteiger partial charge in [0.05, 0.1) is 35.6 Å². The highest BCUT2D eigenvalue weighted by Crippen LogP contribution is 2.30. The lowest BCUT2D eigenvalue weighted by Crippen LogP contribution is -2.24. The van der Waals surface area contributed by atoms with E-state index in [9.17, 15) is 13.6 Å². The van der Waals surface area contributed by atoms with Crippen LogP contribution in [0.5, 0.6) is 0 Å². The topological polar surface area (TPSA) is 50.5 Å². The second-order valence-corrected chi connectivity index (χ2v) is 6.86. The minimum Gasteiger partial charge on any atom is -0.328 e. The molecule has 0 bridgehead atoms. The molecule has 1 aliphatic heterocycles. The number of aryl methyl sites for hydroxylation is 1. The fourth-order valence-corrected chi connectivity index (χ4v) is 3.67. The molecule has 0 fully saturated rings. The normalized spacial score (nSPS) is 15.3. The number of benzene rings is 1. The summed E-state index contributed by atoms with van der Waals surface area (Å²) in [6.45, 7) is -2.45. The molecule has 4 aromatic rings. The summed E-state index contributed by atoms with van der Waals surface area (Å²) in [5.41, 5.74) is 1.77. The van der Waals surface area contributed by atoms with E-state index in [-0.39, 0.29) is 35.8 Å². The molecular weight excluding hydrogens is 374 g/mol. The van der Waals surface area contributed by atoms with Crippen molar-refractivity contribution in [3.05, 3.63) is 89.0 Å². The Morgan fingerprint density at radius 3 is 2.69 bits per heavy atom. The number of fused-ring (bicyclic) bond motifs is 2. The largest absolute Gasteiger partial charge is 0.328 e. The molecular formula is C22H16F2N4O. The van der Waals surface area contributed by atoms with Gasteiger partial charge in [-0.3, -0.25) is 9.78 Å². The Bertz CT molecular complexity index is 1360. The van der Waals surface area contributed by atoms with Gasteiger partial charge in [0.1, 0.15) is 11.6 Å². The van der Waals surface area contributed by atoms with Gasteiger partial charge in [-0.2, -0.15) is 5.10 Å². The summed E-state index contributed by atoms with van der Waals surface area (Å²) in [7, 11) is 0. The van der Waals surface area contributed by atoms with Gasteiger partial charge in [0.15, 0.2) is 0 Å². The van der Waals surface area contributed by atoms with Crippen LogP contribution >= 0.6 is 0 Å². The van der Waals surface area contributed by atoms with Crippen molar-refractivity contribution in [2.45, 2.75) is 19.9 Å². The smallest absolute Gasteiger partial charge is 0.256 e. The number of hydrogen-bond donors (Lipinski definition) is 0. The molecule has 7 heteroatoms. The minimum absolute atomic E-state index is 0.108. The molecule has 1 amide bonds. The summed E-state index contributed by atoms with van der Waals surface area (Å²) >= 11 is 0. The summed E-state index contributed by atoms with van der Waals surface area (Å²) in [6, 6.07) is 10.3. The molecule has 0 saturated carbocycles. The van der Waals surface area contributed by atoms with E-state index in [1.807, 2.05) is 0 Å². The zero-order valence-electron chi connectivity index (χ0n) is 18.1. The Balaban J connectivity index is 1.50. The number of carbonyl (C=O) groups excluding carboxylic acids is 1. The maximum atomic E-state index is 15.0. The van der Waals surface area contributed by atoms with Crippen molar-refractivity contribution in [1.82, 2.24) is 19.5 Å². The van der Waals surface area contributed by atoms with Gasteiger partial charge in [0.2, 0.25) is 0 Å². The first-order valence-corrected chi connectivity index (χ1v) is 8.93. The fraction of sp³-hybridized carbons (Fsp3) is 0.136. The second-order valence-electron chi connectivity index (χ2n) is 6.86. The molecule has 0 atom stereocenters. The molecule has 5 rings (SSSR count). The number of nitrogens with zero attached hydrogens (tertiary/aromatic N) is 4. The van der Waals surface area contributed by atoms with Gasteiger partial charge in [0, 0.05) is 27.6 Å². The third-order valence-electron chi connectivity index (χ3n) is 5.05. The van der Waals surface area contributed by atoms with Gasteiger partial charge < -0.3 is 4.90 Å². The monoisotopic (exact) mass is 393 g/mol. The van der Waals surface area contributed by atoms with Crippen molar-refractivity contribution in [3.63, 3.8) is 0 Å². The van der Waals surface area contributed by atoms with Crippen molar-refractivity contribution in [3.8, 4) is 11.1 Å². The van der Waals surface area contributed by atoms with Gasteiger partial charge in [0.25, 0.3) is 5.91 Å². The Hall–Kier alpha value is -3.61. The van der Waals surface area contributed by atoms with E-state index < -0.39 is 18.5 Å². The van der Waals surface area contributed by atoms with Crippen molar-refractivity contribution < 1.29 is 17.7 Å². The van der Waals surface area contributed by atoms with Crippen LogP contribution in [0.4, 0.5) is 8.78 Å². The van der Waals surface area contributed by atoms with Crippen LogP contribution in [0.3, 0.4) is 0 Å². The summed E-state index contributed by atoms with van der Waals surface area (Å²) in [4.78, 5) is 18.0. The molecule has 5 nitrogen and oxygen atoms in total. The minimum atomic E-state index is -2.40. The van der Waals surface area contributed by atoms with Crippen LogP contribution < -0.4 is 0 Å². The Morgan fingerprint density at radius 1 is 1.14 bits per heavy atom. The quantitative estimate of drug-likeness (QED) is 0.526. The lowest BCUT2D eigenvalue weighted by Gasteiger charge is -2.17. The third kappa shape index (κ3) is 2.86. The van der Waals surface area contributed by atoms with Gasteiger partial charge >= 0.3 is 0 Å². The molecule has 144 valence electrons. The van der Waals surface area contributed by atoms with E-state index in [0.29, 0.717) is 22.3 Å². The predicted molar refractivity (Wildman–Crippen MR) is 103 cm³/mol. The average molecular weight is 393 g/mol. The molecule has 0 saturated heterocycles. The van der Waals surface area contributed by atoms with E-state index >= 15 is 0 Å². The van der Waals surface area contributed by atoms with Crippen LogP contribution in [-0.2, 0) is 13.1 Å². The van der Waals surface area contributed by atoms with Crippen molar-refractivity contribution in [2.24, 2.45) is 0 Å². The number of hydrogen-bond acceptors (Lipinski definition) is 3. The number of carbonyl (C=O) groups is 1. The second kappa shape index (κ2) is 6.48. The summed E-state index contributed by atoms with van der Waals surface area (Å²) in [5.74, 6) is -1.92. The van der Waals surface area contributed by atoms with Crippen LogP contribution in [0.25, 0.3) is 16.6 Å². The molecule has 4 heterocycles. The lowest BCUT2D eigenvalue weighted by atomic mass is 10.0. The maximum absolute atomic E-state index is 15.0. The van der Waals surface area contributed by atoms with Crippen molar-refractivity contribution in [1.29, 1.82) is 0 Å². The zero-order valence-corrected chi connectivity index (χ0v) is 15.1.